The number of carbonyl (C=O) groups excluding carboxylic acids is 1. The minimum absolute atomic E-state index is 0.0581. The molecule has 3 rings (SSSR count). The molecular weight excluding hydrogens is 406 g/mol. The molecule has 1 heterocycles. The summed E-state index contributed by atoms with van der Waals surface area (Å²) >= 11 is 1.15. The molecule has 0 aliphatic carbocycles. The van der Waals surface area contributed by atoms with Crippen LogP contribution < -0.4 is 10.1 Å². The van der Waals surface area contributed by atoms with Gasteiger partial charge in [0.2, 0.25) is 0 Å². The third-order valence-electron chi connectivity index (χ3n) is 3.76. The summed E-state index contributed by atoms with van der Waals surface area (Å²) in [6.07, 6.45) is 1.12. The van der Waals surface area contributed by atoms with Crippen LogP contribution in [0.4, 0.5) is 10.8 Å². The van der Waals surface area contributed by atoms with Gasteiger partial charge < -0.3 is 4.74 Å². The van der Waals surface area contributed by atoms with Gasteiger partial charge in [-0.05, 0) is 36.8 Å². The Bertz CT molecular complexity index is 1190. The maximum absolute atomic E-state index is 12.1. The van der Waals surface area contributed by atoms with Gasteiger partial charge in [0.15, 0.2) is 21.6 Å². The van der Waals surface area contributed by atoms with Crippen molar-refractivity contribution in [3.63, 3.8) is 0 Å². The zero-order valence-electron chi connectivity index (χ0n) is 14.8. The number of non-ortho nitro benzene ring substituents is 1. The van der Waals surface area contributed by atoms with Crippen molar-refractivity contribution in [2.75, 3.05) is 18.2 Å². The molecule has 11 heteroatoms. The molecule has 0 aliphatic heterocycles. The zero-order valence-corrected chi connectivity index (χ0v) is 16.5. The molecule has 1 amide bonds. The number of nitrogens with one attached hydrogen (secondary N) is 1. The first-order valence-corrected chi connectivity index (χ1v) is 10.6. The number of amides is 1. The standard InChI is InChI=1S/C17H15N3O6S2/c1-10-7-11(20(22)23)3-6-14(10)26-9-16(21)19-17-18-13-5-4-12(28(2,24)25)8-15(13)27-17/h3-8H,9H2,1-2H3,(H,18,19,21). The Morgan fingerprint density at radius 3 is 2.68 bits per heavy atom. The Morgan fingerprint density at radius 2 is 2.04 bits per heavy atom. The number of ether oxygens (including phenoxy) is 1. The Morgan fingerprint density at radius 1 is 1.29 bits per heavy atom. The quantitative estimate of drug-likeness (QED) is 0.478. The summed E-state index contributed by atoms with van der Waals surface area (Å²) in [7, 11) is -3.33. The average Bonchev–Trinajstić information content (AvgIpc) is 3.01. The van der Waals surface area contributed by atoms with Gasteiger partial charge >= 0.3 is 0 Å². The van der Waals surface area contributed by atoms with E-state index in [0.29, 0.717) is 26.7 Å². The number of thiazole rings is 1. The van der Waals surface area contributed by atoms with Gasteiger partial charge in [-0.1, -0.05) is 11.3 Å². The number of nitrogens with zero attached hydrogens (tertiary/aromatic N) is 2. The lowest BCUT2D eigenvalue weighted by Crippen LogP contribution is -2.20. The zero-order chi connectivity index (χ0) is 20.5. The number of nitro benzene ring substituents is 1. The smallest absolute Gasteiger partial charge is 0.269 e. The van der Waals surface area contributed by atoms with E-state index in [1.54, 1.807) is 13.0 Å². The normalized spacial score (nSPS) is 11.4. The van der Waals surface area contributed by atoms with E-state index in [-0.39, 0.29) is 17.2 Å². The van der Waals surface area contributed by atoms with Crippen LogP contribution in [0.3, 0.4) is 0 Å². The number of anilines is 1. The summed E-state index contributed by atoms with van der Waals surface area (Å²) in [5.74, 6) is -0.0945. The number of rotatable bonds is 6. The van der Waals surface area contributed by atoms with E-state index in [2.05, 4.69) is 10.3 Å². The van der Waals surface area contributed by atoms with Crippen molar-refractivity contribution < 1.29 is 22.9 Å². The van der Waals surface area contributed by atoms with Crippen molar-refractivity contribution in [3.05, 3.63) is 52.1 Å². The average molecular weight is 421 g/mol. The lowest BCUT2D eigenvalue weighted by Gasteiger charge is -2.08. The second-order valence-electron chi connectivity index (χ2n) is 5.96. The van der Waals surface area contributed by atoms with Gasteiger partial charge in [0.05, 0.1) is 20.0 Å². The summed E-state index contributed by atoms with van der Waals surface area (Å²) in [5.41, 5.74) is 1.05. The van der Waals surface area contributed by atoms with Crippen LogP contribution in [0.5, 0.6) is 5.75 Å². The molecule has 146 valence electrons. The van der Waals surface area contributed by atoms with Crippen LogP contribution in [0.2, 0.25) is 0 Å². The number of hydrogen-bond acceptors (Lipinski definition) is 8. The Kier molecular flexibility index (Phi) is 5.29. The van der Waals surface area contributed by atoms with Crippen LogP contribution >= 0.6 is 11.3 Å². The van der Waals surface area contributed by atoms with Gasteiger partial charge in [-0.2, -0.15) is 0 Å². The van der Waals surface area contributed by atoms with Crippen LogP contribution in [0.15, 0.2) is 41.3 Å². The molecule has 0 saturated heterocycles. The molecule has 9 nitrogen and oxygen atoms in total. The van der Waals surface area contributed by atoms with E-state index in [1.807, 2.05) is 0 Å². The Balaban J connectivity index is 1.67. The fourth-order valence-electron chi connectivity index (χ4n) is 2.40. The van der Waals surface area contributed by atoms with Crippen molar-refractivity contribution in [2.45, 2.75) is 11.8 Å². The van der Waals surface area contributed by atoms with Crippen LogP contribution in [0.1, 0.15) is 5.56 Å². The molecular formula is C17H15N3O6S2. The largest absolute Gasteiger partial charge is 0.483 e. The van der Waals surface area contributed by atoms with E-state index in [1.165, 1.54) is 30.3 Å². The number of benzene rings is 2. The SMILES string of the molecule is Cc1cc([N+](=O)[O-])ccc1OCC(=O)Nc1nc2ccc(S(C)(=O)=O)cc2s1. The number of fused-ring (bicyclic) bond motifs is 1. The number of hydrogen-bond donors (Lipinski definition) is 1. The summed E-state index contributed by atoms with van der Waals surface area (Å²) in [6.45, 7) is 1.34. The Hall–Kier alpha value is -3.05. The van der Waals surface area contributed by atoms with Crippen LogP contribution in [-0.2, 0) is 14.6 Å². The molecule has 1 aromatic heterocycles. The summed E-state index contributed by atoms with van der Waals surface area (Å²) in [6, 6.07) is 8.64. The molecule has 0 bridgehead atoms. The highest BCUT2D eigenvalue weighted by atomic mass is 32.2. The van der Waals surface area contributed by atoms with Gasteiger partial charge in [-0.25, -0.2) is 13.4 Å². The lowest BCUT2D eigenvalue weighted by molar-refractivity contribution is -0.384. The fraction of sp³-hybridized carbons (Fsp3) is 0.176. The second kappa shape index (κ2) is 7.52. The first-order valence-electron chi connectivity index (χ1n) is 7.92. The molecule has 3 aromatic rings. The maximum atomic E-state index is 12.1. The maximum Gasteiger partial charge on any atom is 0.269 e. The highest BCUT2D eigenvalue weighted by molar-refractivity contribution is 7.90. The lowest BCUT2D eigenvalue weighted by atomic mass is 10.2. The van der Waals surface area contributed by atoms with E-state index in [9.17, 15) is 23.3 Å². The van der Waals surface area contributed by atoms with Gasteiger partial charge in [0.1, 0.15) is 5.75 Å². The number of aryl methyl sites for hydroxylation is 1. The molecule has 0 fully saturated rings. The molecule has 0 radical (unpaired) electrons. The van der Waals surface area contributed by atoms with Gasteiger partial charge in [-0.15, -0.1) is 0 Å². The molecule has 28 heavy (non-hydrogen) atoms. The van der Waals surface area contributed by atoms with Crippen molar-refractivity contribution in [1.82, 2.24) is 4.98 Å². The van der Waals surface area contributed by atoms with Crippen molar-refractivity contribution in [1.29, 1.82) is 0 Å². The fourth-order valence-corrected chi connectivity index (χ4v) is 4.04. The van der Waals surface area contributed by atoms with E-state index in [0.717, 1.165) is 17.6 Å². The first-order chi connectivity index (χ1) is 13.1. The summed E-state index contributed by atoms with van der Waals surface area (Å²) < 4.78 is 29.3. The van der Waals surface area contributed by atoms with Crippen LogP contribution in [0, 0.1) is 17.0 Å². The molecule has 0 unspecified atom stereocenters. The van der Waals surface area contributed by atoms with E-state index in [4.69, 9.17) is 4.74 Å². The molecule has 0 spiro atoms. The third kappa shape index (κ3) is 4.43. The topological polar surface area (TPSA) is 128 Å². The minimum Gasteiger partial charge on any atom is -0.483 e. The highest BCUT2D eigenvalue weighted by Crippen LogP contribution is 2.28. The van der Waals surface area contributed by atoms with Crippen molar-refractivity contribution in [3.8, 4) is 5.75 Å². The van der Waals surface area contributed by atoms with E-state index < -0.39 is 20.7 Å². The van der Waals surface area contributed by atoms with Crippen molar-refractivity contribution >= 4 is 48.1 Å². The highest BCUT2D eigenvalue weighted by Gasteiger charge is 2.14. The third-order valence-corrected chi connectivity index (χ3v) is 5.81. The molecule has 1 N–H and O–H groups in total. The summed E-state index contributed by atoms with van der Waals surface area (Å²) in [5, 5.41) is 13.7. The molecule has 0 atom stereocenters. The molecule has 2 aromatic carbocycles. The predicted molar refractivity (Wildman–Crippen MR) is 105 cm³/mol. The first kappa shape index (κ1) is 19.7. The minimum atomic E-state index is -3.33. The number of aromatic nitrogens is 1. The van der Waals surface area contributed by atoms with E-state index >= 15 is 0 Å². The monoisotopic (exact) mass is 421 g/mol. The number of sulfone groups is 1. The number of carbonyl (C=O) groups is 1. The second-order valence-corrected chi connectivity index (χ2v) is 9.01. The Labute approximate surface area is 164 Å². The van der Waals surface area contributed by atoms with Gasteiger partial charge in [0, 0.05) is 18.4 Å². The number of nitro groups is 1. The molecule has 0 aliphatic rings. The van der Waals surface area contributed by atoms with Crippen LogP contribution in [-0.4, -0.2) is 37.1 Å². The predicted octanol–water partition coefficient (Wildman–Crippen LogP) is 2.93. The van der Waals surface area contributed by atoms with Gasteiger partial charge in [-0.3, -0.25) is 20.2 Å². The molecule has 0 saturated carbocycles. The van der Waals surface area contributed by atoms with Crippen molar-refractivity contribution in [2.24, 2.45) is 0 Å². The summed E-state index contributed by atoms with van der Waals surface area (Å²) in [4.78, 5) is 26.8. The van der Waals surface area contributed by atoms with Crippen LogP contribution in [0.25, 0.3) is 10.2 Å². The van der Waals surface area contributed by atoms with Gasteiger partial charge in [0.25, 0.3) is 11.6 Å².